The van der Waals surface area contributed by atoms with Crippen LogP contribution in [0.5, 0.6) is 0 Å². The van der Waals surface area contributed by atoms with Crippen LogP contribution in [0.15, 0.2) is 158 Å². The molecular formula is C46H26. The van der Waals surface area contributed by atoms with Crippen molar-refractivity contribution < 1.29 is 0 Å². The van der Waals surface area contributed by atoms with E-state index in [0.29, 0.717) is 0 Å². The summed E-state index contributed by atoms with van der Waals surface area (Å²) in [5.74, 6) is 0. The molecule has 0 nitrogen and oxygen atoms in total. The van der Waals surface area contributed by atoms with Gasteiger partial charge in [0.05, 0.1) is 0 Å². The van der Waals surface area contributed by atoms with Crippen molar-refractivity contribution in [3.8, 4) is 66.8 Å². The molecule has 11 rings (SSSR count). The van der Waals surface area contributed by atoms with Crippen molar-refractivity contribution in [3.05, 3.63) is 158 Å². The van der Waals surface area contributed by atoms with E-state index in [2.05, 4.69) is 158 Å². The highest BCUT2D eigenvalue weighted by Crippen LogP contribution is 2.51. The first-order chi connectivity index (χ1) is 22.8. The van der Waals surface area contributed by atoms with Crippen LogP contribution in [0, 0.1) is 0 Å². The van der Waals surface area contributed by atoms with Crippen LogP contribution in [0.2, 0.25) is 0 Å². The number of hydrogen-bond donors (Lipinski definition) is 0. The molecule has 0 unspecified atom stereocenters. The highest BCUT2D eigenvalue weighted by molar-refractivity contribution is 6.21. The fourth-order valence-electron chi connectivity index (χ4n) is 8.52. The third-order valence-electron chi connectivity index (χ3n) is 10.6. The minimum absolute atomic E-state index is 1.26. The molecule has 0 N–H and O–H groups in total. The summed E-state index contributed by atoms with van der Waals surface area (Å²) in [6, 6.07) is 59.0. The summed E-state index contributed by atoms with van der Waals surface area (Å²) in [5, 5.41) is 10.5. The van der Waals surface area contributed by atoms with Crippen LogP contribution in [0.4, 0.5) is 0 Å². The first-order valence-electron chi connectivity index (χ1n) is 16.1. The average molecular weight is 579 g/mol. The summed E-state index contributed by atoms with van der Waals surface area (Å²) in [7, 11) is 0. The summed E-state index contributed by atoms with van der Waals surface area (Å²) in [4.78, 5) is 0. The monoisotopic (exact) mass is 578 g/mol. The summed E-state index contributed by atoms with van der Waals surface area (Å²) in [5.41, 5.74) is 15.8. The standard InChI is InChI=1S/C46H26/c1-3-9-36-34(7-1)40-13-5-11-38-31(21-23-42(36)45(38)40)29-19-20-33-28(25-29)17-15-27-16-18-30(26-44(27)33)32-22-24-43-37-10-4-2-8-35(37)41-14-6-12-39(32)46(41)43/h1-26H. The van der Waals surface area contributed by atoms with E-state index in [1.54, 1.807) is 0 Å². The zero-order valence-corrected chi connectivity index (χ0v) is 25.0. The molecule has 0 fully saturated rings. The van der Waals surface area contributed by atoms with Gasteiger partial charge in [0.15, 0.2) is 0 Å². The molecule has 0 saturated heterocycles. The Morgan fingerprint density at radius 2 is 0.652 bits per heavy atom. The average Bonchev–Trinajstić information content (AvgIpc) is 3.63. The molecule has 0 atom stereocenters. The van der Waals surface area contributed by atoms with Gasteiger partial charge in [0.2, 0.25) is 0 Å². The molecule has 0 aromatic heterocycles. The highest BCUT2D eigenvalue weighted by atomic mass is 14.3. The summed E-state index contributed by atoms with van der Waals surface area (Å²) in [6.07, 6.45) is 0. The maximum absolute atomic E-state index is 2.40. The second kappa shape index (κ2) is 8.81. The maximum Gasteiger partial charge on any atom is -0.00201 e. The third-order valence-corrected chi connectivity index (χ3v) is 10.6. The first-order valence-corrected chi connectivity index (χ1v) is 16.1. The molecule has 9 aromatic carbocycles. The Hall–Kier alpha value is -5.98. The van der Waals surface area contributed by atoms with Gasteiger partial charge in [-0.05, 0) is 122 Å². The van der Waals surface area contributed by atoms with E-state index in [1.807, 2.05) is 0 Å². The normalized spacial score (nSPS) is 12.3. The lowest BCUT2D eigenvalue weighted by atomic mass is 9.90. The number of rotatable bonds is 2. The van der Waals surface area contributed by atoms with Crippen molar-refractivity contribution >= 4 is 43.1 Å². The smallest absolute Gasteiger partial charge is 0.00201 e. The SMILES string of the molecule is c1ccc2c(c1)-c1cccc3c(-c4ccc5c(ccc6ccc(-c7ccc8c9c(cccc79)-c7ccccc7-8)cc65)c4)ccc-2c13. The fourth-order valence-corrected chi connectivity index (χ4v) is 8.52. The van der Waals surface area contributed by atoms with Crippen molar-refractivity contribution in [2.75, 3.05) is 0 Å². The summed E-state index contributed by atoms with van der Waals surface area (Å²) in [6.45, 7) is 0. The molecule has 0 spiro atoms. The van der Waals surface area contributed by atoms with Crippen LogP contribution >= 0.6 is 0 Å². The number of fused-ring (bicyclic) bond motifs is 9. The Balaban J connectivity index is 1.07. The van der Waals surface area contributed by atoms with Gasteiger partial charge in [-0.2, -0.15) is 0 Å². The second-order valence-corrected chi connectivity index (χ2v) is 12.8. The maximum atomic E-state index is 2.40. The van der Waals surface area contributed by atoms with E-state index >= 15 is 0 Å². The minimum Gasteiger partial charge on any atom is -0.0616 e. The lowest BCUT2D eigenvalue weighted by Crippen LogP contribution is -1.86. The molecule has 210 valence electrons. The van der Waals surface area contributed by atoms with Crippen molar-refractivity contribution in [2.45, 2.75) is 0 Å². The predicted octanol–water partition coefficient (Wildman–Crippen LogP) is 12.9. The lowest BCUT2D eigenvalue weighted by Gasteiger charge is -2.13. The largest absolute Gasteiger partial charge is 0.0616 e. The van der Waals surface area contributed by atoms with Gasteiger partial charge < -0.3 is 0 Å². The first kappa shape index (κ1) is 24.4. The van der Waals surface area contributed by atoms with Crippen LogP contribution in [0.1, 0.15) is 0 Å². The van der Waals surface area contributed by atoms with Crippen LogP contribution < -0.4 is 0 Å². The molecule has 9 aromatic rings. The molecule has 0 bridgehead atoms. The van der Waals surface area contributed by atoms with E-state index in [9.17, 15) is 0 Å². The zero-order valence-electron chi connectivity index (χ0n) is 25.0. The van der Waals surface area contributed by atoms with E-state index in [0.717, 1.165) is 0 Å². The van der Waals surface area contributed by atoms with Gasteiger partial charge in [0.25, 0.3) is 0 Å². The van der Waals surface area contributed by atoms with Crippen LogP contribution in [-0.2, 0) is 0 Å². The Bertz CT molecular complexity index is 2740. The molecule has 2 aliphatic carbocycles. The lowest BCUT2D eigenvalue weighted by molar-refractivity contribution is 1.68. The van der Waals surface area contributed by atoms with Gasteiger partial charge in [0.1, 0.15) is 0 Å². The second-order valence-electron chi connectivity index (χ2n) is 12.8. The Labute approximate surface area is 266 Å². The van der Waals surface area contributed by atoms with Crippen molar-refractivity contribution in [3.63, 3.8) is 0 Å². The van der Waals surface area contributed by atoms with Crippen molar-refractivity contribution in [1.82, 2.24) is 0 Å². The fraction of sp³-hybridized carbons (Fsp3) is 0. The topological polar surface area (TPSA) is 0 Å². The Morgan fingerprint density at radius 3 is 1.24 bits per heavy atom. The molecule has 0 amide bonds. The van der Waals surface area contributed by atoms with Gasteiger partial charge in [-0.3, -0.25) is 0 Å². The van der Waals surface area contributed by atoms with Crippen LogP contribution in [-0.4, -0.2) is 0 Å². The molecule has 2 aliphatic rings. The Morgan fingerprint density at radius 1 is 0.217 bits per heavy atom. The van der Waals surface area contributed by atoms with E-state index in [1.165, 1.54) is 110 Å². The molecule has 46 heavy (non-hydrogen) atoms. The van der Waals surface area contributed by atoms with Gasteiger partial charge in [-0.25, -0.2) is 0 Å². The van der Waals surface area contributed by atoms with Crippen molar-refractivity contribution in [2.24, 2.45) is 0 Å². The van der Waals surface area contributed by atoms with Gasteiger partial charge in [0, 0.05) is 0 Å². The molecular weight excluding hydrogens is 553 g/mol. The predicted molar refractivity (Wildman–Crippen MR) is 196 cm³/mol. The number of hydrogen-bond acceptors (Lipinski definition) is 0. The van der Waals surface area contributed by atoms with E-state index in [4.69, 9.17) is 0 Å². The van der Waals surface area contributed by atoms with Crippen LogP contribution in [0.25, 0.3) is 110 Å². The minimum atomic E-state index is 1.26. The summed E-state index contributed by atoms with van der Waals surface area (Å²) >= 11 is 0. The molecule has 0 heterocycles. The molecule has 0 saturated carbocycles. The quantitative estimate of drug-likeness (QED) is 0.179. The van der Waals surface area contributed by atoms with E-state index in [-0.39, 0.29) is 0 Å². The molecule has 0 heteroatoms. The van der Waals surface area contributed by atoms with Gasteiger partial charge >= 0.3 is 0 Å². The van der Waals surface area contributed by atoms with Crippen molar-refractivity contribution in [1.29, 1.82) is 0 Å². The van der Waals surface area contributed by atoms with Gasteiger partial charge in [-0.1, -0.05) is 146 Å². The highest BCUT2D eigenvalue weighted by Gasteiger charge is 2.23. The van der Waals surface area contributed by atoms with Crippen LogP contribution in [0.3, 0.4) is 0 Å². The molecule has 0 radical (unpaired) electrons. The number of benzene rings is 9. The Kier molecular flexibility index (Phi) is 4.66. The summed E-state index contributed by atoms with van der Waals surface area (Å²) < 4.78 is 0. The third kappa shape index (κ3) is 3.13. The van der Waals surface area contributed by atoms with E-state index < -0.39 is 0 Å². The van der Waals surface area contributed by atoms with Gasteiger partial charge in [-0.15, -0.1) is 0 Å². The zero-order chi connectivity index (χ0) is 29.9. The molecule has 0 aliphatic heterocycles.